The van der Waals surface area contributed by atoms with Gasteiger partial charge in [0.15, 0.2) is 0 Å². The summed E-state index contributed by atoms with van der Waals surface area (Å²) < 4.78 is 18.2. The van der Waals surface area contributed by atoms with Crippen molar-refractivity contribution in [1.82, 2.24) is 0 Å². The van der Waals surface area contributed by atoms with E-state index in [0.29, 0.717) is 5.75 Å². The van der Waals surface area contributed by atoms with E-state index >= 15 is 0 Å². The largest absolute Gasteiger partial charge is 0.462 e. The summed E-state index contributed by atoms with van der Waals surface area (Å²) in [5.74, 6) is 0.988. The fourth-order valence-electron chi connectivity index (χ4n) is 1.04. The monoisotopic (exact) mass is 192 g/mol. The average Bonchev–Trinajstić information content (AvgIpc) is 2.17. The number of allylic oxidation sites excluding steroid dienone is 3. The molecule has 74 valence electrons. The molecule has 0 aliphatic carbocycles. The van der Waals surface area contributed by atoms with Crippen molar-refractivity contribution in [2.24, 2.45) is 0 Å². The molecule has 0 N–H and O–H groups in total. The van der Waals surface area contributed by atoms with E-state index in [1.807, 2.05) is 6.92 Å². The lowest BCUT2D eigenvalue weighted by Gasteiger charge is -2.07. The molecular weight excluding hydrogens is 179 g/mol. The highest BCUT2D eigenvalue weighted by Gasteiger charge is 1.98. The van der Waals surface area contributed by atoms with Gasteiger partial charge < -0.3 is 4.74 Å². The lowest BCUT2D eigenvalue weighted by Crippen LogP contribution is -1.93. The van der Waals surface area contributed by atoms with Crippen LogP contribution in [0.15, 0.2) is 48.8 Å². The molecule has 0 saturated heterocycles. The normalized spacial score (nSPS) is 11.1. The molecule has 0 heterocycles. The first-order valence-corrected chi connectivity index (χ1v) is 4.51. The Morgan fingerprint density at radius 2 is 2.36 bits per heavy atom. The molecule has 2 heteroatoms. The van der Waals surface area contributed by atoms with Crippen LogP contribution in [0.4, 0.5) is 4.39 Å². The van der Waals surface area contributed by atoms with Gasteiger partial charge in [0.1, 0.15) is 17.3 Å². The highest BCUT2D eigenvalue weighted by atomic mass is 19.1. The van der Waals surface area contributed by atoms with Crippen LogP contribution in [0.25, 0.3) is 0 Å². The minimum Gasteiger partial charge on any atom is -0.462 e. The fraction of sp³-hybridized carbons (Fsp3) is 0.167. The van der Waals surface area contributed by atoms with Crippen LogP contribution in [0.5, 0.6) is 5.75 Å². The predicted octanol–water partition coefficient (Wildman–Crippen LogP) is 3.68. The van der Waals surface area contributed by atoms with Crippen molar-refractivity contribution in [3.8, 4) is 5.75 Å². The van der Waals surface area contributed by atoms with Gasteiger partial charge in [-0.25, -0.2) is 4.39 Å². The number of halogens is 1. The quantitative estimate of drug-likeness (QED) is 0.522. The third-order valence-corrected chi connectivity index (χ3v) is 1.70. The first-order valence-electron chi connectivity index (χ1n) is 4.51. The number of hydrogen-bond donors (Lipinski definition) is 0. The zero-order chi connectivity index (χ0) is 10.4. The molecule has 0 saturated carbocycles. The van der Waals surface area contributed by atoms with E-state index in [0.717, 1.165) is 12.2 Å². The average molecular weight is 192 g/mol. The zero-order valence-electron chi connectivity index (χ0n) is 8.16. The van der Waals surface area contributed by atoms with Gasteiger partial charge in [0.2, 0.25) is 0 Å². The molecule has 0 atom stereocenters. The lowest BCUT2D eigenvalue weighted by atomic mass is 10.3. The van der Waals surface area contributed by atoms with Crippen LogP contribution >= 0.6 is 0 Å². The Morgan fingerprint density at radius 3 is 2.93 bits per heavy atom. The second-order valence-corrected chi connectivity index (χ2v) is 2.78. The zero-order valence-corrected chi connectivity index (χ0v) is 8.16. The smallest absolute Gasteiger partial charge is 0.129 e. The number of benzene rings is 1. The summed E-state index contributed by atoms with van der Waals surface area (Å²) in [5.41, 5.74) is 0. The van der Waals surface area contributed by atoms with Gasteiger partial charge in [0.05, 0.1) is 0 Å². The van der Waals surface area contributed by atoms with Gasteiger partial charge in [-0.1, -0.05) is 25.6 Å². The van der Waals surface area contributed by atoms with Gasteiger partial charge in [-0.2, -0.15) is 0 Å². The van der Waals surface area contributed by atoms with Crippen molar-refractivity contribution in [1.29, 1.82) is 0 Å². The summed E-state index contributed by atoms with van der Waals surface area (Å²) in [6.45, 7) is 5.54. The minimum atomic E-state index is -0.295. The Morgan fingerprint density at radius 1 is 1.57 bits per heavy atom. The minimum absolute atomic E-state index is 0.295. The van der Waals surface area contributed by atoms with Crippen LogP contribution in [0.2, 0.25) is 0 Å². The van der Waals surface area contributed by atoms with E-state index in [2.05, 4.69) is 6.58 Å². The van der Waals surface area contributed by atoms with Gasteiger partial charge in [0.25, 0.3) is 0 Å². The summed E-state index contributed by atoms with van der Waals surface area (Å²) in [7, 11) is 0. The number of ether oxygens (including phenoxy) is 1. The standard InChI is InChI=1S/C12H13FO/c1-3-6-11(4-2)14-12-8-5-7-10(13)9-12/h3,5-9H,1,4H2,2H3/b11-6+. The third kappa shape index (κ3) is 3.05. The van der Waals surface area contributed by atoms with Gasteiger partial charge in [-0.3, -0.25) is 0 Å². The SMILES string of the molecule is C=C/C=C(\CC)Oc1cccc(F)c1. The molecule has 1 aromatic rings. The molecule has 0 aromatic heterocycles. The van der Waals surface area contributed by atoms with Crippen molar-refractivity contribution in [2.45, 2.75) is 13.3 Å². The summed E-state index contributed by atoms with van der Waals surface area (Å²) in [6.07, 6.45) is 4.17. The molecule has 14 heavy (non-hydrogen) atoms. The van der Waals surface area contributed by atoms with Crippen LogP contribution in [0, 0.1) is 5.82 Å². The molecule has 1 rings (SSSR count). The molecule has 0 spiro atoms. The van der Waals surface area contributed by atoms with Crippen molar-refractivity contribution >= 4 is 0 Å². The van der Waals surface area contributed by atoms with Crippen molar-refractivity contribution < 1.29 is 9.13 Å². The van der Waals surface area contributed by atoms with Gasteiger partial charge in [-0.15, -0.1) is 0 Å². The van der Waals surface area contributed by atoms with E-state index in [1.54, 1.807) is 24.3 Å². The summed E-state index contributed by atoms with van der Waals surface area (Å²) in [5, 5.41) is 0. The molecule has 0 bridgehead atoms. The van der Waals surface area contributed by atoms with Crippen LogP contribution in [-0.2, 0) is 0 Å². The molecule has 0 aliphatic rings. The van der Waals surface area contributed by atoms with E-state index in [-0.39, 0.29) is 5.82 Å². The van der Waals surface area contributed by atoms with Gasteiger partial charge in [0, 0.05) is 12.5 Å². The van der Waals surface area contributed by atoms with Crippen LogP contribution < -0.4 is 4.74 Å². The summed E-state index contributed by atoms with van der Waals surface area (Å²) in [4.78, 5) is 0. The highest BCUT2D eigenvalue weighted by Crippen LogP contribution is 2.16. The van der Waals surface area contributed by atoms with E-state index < -0.39 is 0 Å². The fourth-order valence-corrected chi connectivity index (χ4v) is 1.04. The summed E-state index contributed by atoms with van der Waals surface area (Å²) in [6, 6.07) is 6.07. The Labute approximate surface area is 83.5 Å². The van der Waals surface area contributed by atoms with E-state index in [1.165, 1.54) is 12.1 Å². The molecule has 0 unspecified atom stereocenters. The predicted molar refractivity (Wildman–Crippen MR) is 55.6 cm³/mol. The molecule has 1 nitrogen and oxygen atoms in total. The molecule has 0 fully saturated rings. The maximum atomic E-state index is 12.8. The first kappa shape index (κ1) is 10.5. The Kier molecular flexibility index (Phi) is 3.92. The second kappa shape index (κ2) is 5.22. The van der Waals surface area contributed by atoms with Gasteiger partial charge >= 0.3 is 0 Å². The van der Waals surface area contributed by atoms with E-state index in [4.69, 9.17) is 4.74 Å². The Bertz CT molecular complexity index is 342. The second-order valence-electron chi connectivity index (χ2n) is 2.78. The topological polar surface area (TPSA) is 9.23 Å². The lowest BCUT2D eigenvalue weighted by molar-refractivity contribution is 0.406. The van der Waals surface area contributed by atoms with Crippen molar-refractivity contribution in [3.63, 3.8) is 0 Å². The van der Waals surface area contributed by atoms with Crippen LogP contribution in [0.3, 0.4) is 0 Å². The Hall–Kier alpha value is -1.57. The molecule has 0 amide bonds. The van der Waals surface area contributed by atoms with Crippen molar-refractivity contribution in [2.75, 3.05) is 0 Å². The number of rotatable bonds is 4. The van der Waals surface area contributed by atoms with Crippen molar-refractivity contribution in [3.05, 3.63) is 54.6 Å². The molecular formula is C12H13FO. The Balaban J connectivity index is 2.77. The molecule has 1 aromatic carbocycles. The maximum absolute atomic E-state index is 12.8. The highest BCUT2D eigenvalue weighted by molar-refractivity contribution is 5.25. The maximum Gasteiger partial charge on any atom is 0.129 e. The van der Waals surface area contributed by atoms with Gasteiger partial charge in [-0.05, 0) is 18.2 Å². The number of hydrogen-bond acceptors (Lipinski definition) is 1. The van der Waals surface area contributed by atoms with E-state index in [9.17, 15) is 4.39 Å². The molecule has 0 aliphatic heterocycles. The third-order valence-electron chi connectivity index (χ3n) is 1.70. The summed E-state index contributed by atoms with van der Waals surface area (Å²) >= 11 is 0. The molecule has 0 radical (unpaired) electrons. The van der Waals surface area contributed by atoms with Crippen LogP contribution in [-0.4, -0.2) is 0 Å². The van der Waals surface area contributed by atoms with Crippen LogP contribution in [0.1, 0.15) is 13.3 Å². The first-order chi connectivity index (χ1) is 6.76.